The lowest BCUT2D eigenvalue weighted by Crippen LogP contribution is -2.39. The summed E-state index contributed by atoms with van der Waals surface area (Å²) in [4.78, 5) is 30.4. The van der Waals surface area contributed by atoms with Gasteiger partial charge in [-0.15, -0.1) is 0 Å². The minimum Gasteiger partial charge on any atom is -0.354 e. The molecule has 0 aliphatic rings. The van der Waals surface area contributed by atoms with Crippen LogP contribution in [0, 0.1) is 5.92 Å². The van der Waals surface area contributed by atoms with Gasteiger partial charge in [-0.25, -0.2) is 0 Å². The Kier molecular flexibility index (Phi) is 7.57. The lowest BCUT2D eigenvalue weighted by Gasteiger charge is -2.22. The Morgan fingerprint density at radius 3 is 2.69 bits per heavy atom. The third-order valence-electron chi connectivity index (χ3n) is 4.20. The number of carbonyl (C=O) groups excluding carboxylic acids is 2. The van der Waals surface area contributed by atoms with E-state index < -0.39 is 0 Å². The molecule has 1 N–H and O–H groups in total. The van der Waals surface area contributed by atoms with Crippen LogP contribution in [0.4, 0.5) is 0 Å². The van der Waals surface area contributed by atoms with Crippen LogP contribution in [0.1, 0.15) is 39.2 Å². The Hall–Kier alpha value is -2.43. The standard InChI is InChI=1S/C21H29N3O2/c1-4-10-24(11-9-23-20(25)12-16(2)3)21(26)14-17-5-6-19-15-22-8-7-18(19)13-17/h5-8,13,15-16H,4,9-12,14H2,1-3H3,(H,23,25). The second-order valence-corrected chi connectivity index (χ2v) is 7.06. The van der Waals surface area contributed by atoms with Crippen molar-refractivity contribution < 1.29 is 9.59 Å². The molecular weight excluding hydrogens is 326 g/mol. The fraction of sp³-hybridized carbons (Fsp3) is 0.476. The molecule has 0 aliphatic heterocycles. The van der Waals surface area contributed by atoms with Gasteiger partial charge in [0.2, 0.25) is 11.8 Å². The molecule has 140 valence electrons. The summed E-state index contributed by atoms with van der Waals surface area (Å²) < 4.78 is 0. The van der Waals surface area contributed by atoms with E-state index in [4.69, 9.17) is 0 Å². The Bertz CT molecular complexity index is 743. The summed E-state index contributed by atoms with van der Waals surface area (Å²) in [5.41, 5.74) is 0.999. The molecule has 0 bridgehead atoms. The third kappa shape index (κ3) is 6.14. The van der Waals surface area contributed by atoms with Crippen LogP contribution in [-0.2, 0) is 16.0 Å². The molecule has 0 fully saturated rings. The first-order chi connectivity index (χ1) is 12.5. The molecule has 2 amide bonds. The second kappa shape index (κ2) is 9.90. The molecule has 1 heterocycles. The summed E-state index contributed by atoms with van der Waals surface area (Å²) in [6.07, 6.45) is 5.38. The number of carbonyl (C=O) groups is 2. The molecule has 0 aliphatic carbocycles. The van der Waals surface area contributed by atoms with Gasteiger partial charge in [0, 0.05) is 43.8 Å². The monoisotopic (exact) mass is 355 g/mol. The summed E-state index contributed by atoms with van der Waals surface area (Å²) in [5.74, 6) is 0.483. The van der Waals surface area contributed by atoms with E-state index in [1.807, 2.05) is 49.2 Å². The number of hydrogen-bond donors (Lipinski definition) is 1. The second-order valence-electron chi connectivity index (χ2n) is 7.06. The molecular formula is C21H29N3O2. The van der Waals surface area contributed by atoms with Crippen LogP contribution in [0.5, 0.6) is 0 Å². The molecule has 0 saturated carbocycles. The fourth-order valence-corrected chi connectivity index (χ4v) is 2.93. The largest absolute Gasteiger partial charge is 0.354 e. The van der Waals surface area contributed by atoms with Crippen LogP contribution < -0.4 is 5.32 Å². The number of benzene rings is 1. The topological polar surface area (TPSA) is 62.3 Å². The normalized spacial score (nSPS) is 10.9. The van der Waals surface area contributed by atoms with Crippen molar-refractivity contribution in [3.8, 4) is 0 Å². The Morgan fingerprint density at radius 1 is 1.15 bits per heavy atom. The van der Waals surface area contributed by atoms with Gasteiger partial charge in [0.25, 0.3) is 0 Å². The molecule has 1 aromatic carbocycles. The Morgan fingerprint density at radius 2 is 1.96 bits per heavy atom. The van der Waals surface area contributed by atoms with E-state index in [9.17, 15) is 9.59 Å². The number of fused-ring (bicyclic) bond motifs is 1. The van der Waals surface area contributed by atoms with Gasteiger partial charge in [-0.1, -0.05) is 39.0 Å². The average Bonchev–Trinajstić information content (AvgIpc) is 2.60. The van der Waals surface area contributed by atoms with Crippen molar-refractivity contribution in [3.63, 3.8) is 0 Å². The predicted octanol–water partition coefficient (Wildman–Crippen LogP) is 3.18. The number of pyridine rings is 1. The quantitative estimate of drug-likeness (QED) is 0.751. The Labute approximate surface area is 155 Å². The lowest BCUT2D eigenvalue weighted by molar-refractivity contribution is -0.131. The van der Waals surface area contributed by atoms with Crippen LogP contribution in [0.3, 0.4) is 0 Å². The van der Waals surface area contributed by atoms with E-state index in [-0.39, 0.29) is 11.8 Å². The van der Waals surface area contributed by atoms with E-state index in [0.717, 1.165) is 22.8 Å². The maximum Gasteiger partial charge on any atom is 0.227 e. The summed E-state index contributed by atoms with van der Waals surface area (Å²) >= 11 is 0. The van der Waals surface area contributed by atoms with E-state index in [2.05, 4.69) is 17.2 Å². The van der Waals surface area contributed by atoms with Crippen molar-refractivity contribution in [2.75, 3.05) is 19.6 Å². The predicted molar refractivity (Wildman–Crippen MR) is 105 cm³/mol. The Balaban J connectivity index is 1.92. The first-order valence-electron chi connectivity index (χ1n) is 9.36. The van der Waals surface area contributed by atoms with Crippen molar-refractivity contribution in [3.05, 3.63) is 42.2 Å². The number of hydrogen-bond acceptors (Lipinski definition) is 3. The molecule has 0 atom stereocenters. The first-order valence-corrected chi connectivity index (χ1v) is 9.36. The molecule has 0 radical (unpaired) electrons. The highest BCUT2D eigenvalue weighted by molar-refractivity contribution is 5.85. The third-order valence-corrected chi connectivity index (χ3v) is 4.20. The summed E-state index contributed by atoms with van der Waals surface area (Å²) in [7, 11) is 0. The number of nitrogens with zero attached hydrogens (tertiary/aromatic N) is 2. The number of nitrogens with one attached hydrogen (secondary N) is 1. The van der Waals surface area contributed by atoms with Gasteiger partial charge in [-0.2, -0.15) is 0 Å². The van der Waals surface area contributed by atoms with Gasteiger partial charge in [0.05, 0.1) is 6.42 Å². The molecule has 5 heteroatoms. The van der Waals surface area contributed by atoms with Crippen LogP contribution in [0.15, 0.2) is 36.7 Å². The molecule has 0 saturated heterocycles. The molecule has 5 nitrogen and oxygen atoms in total. The average molecular weight is 355 g/mol. The summed E-state index contributed by atoms with van der Waals surface area (Å²) in [6.45, 7) is 7.85. The van der Waals surface area contributed by atoms with Crippen molar-refractivity contribution in [2.24, 2.45) is 5.92 Å². The SMILES string of the molecule is CCCN(CCNC(=O)CC(C)C)C(=O)Cc1ccc2cnccc2c1. The number of amides is 2. The highest BCUT2D eigenvalue weighted by atomic mass is 16.2. The van der Waals surface area contributed by atoms with E-state index in [0.29, 0.717) is 38.4 Å². The minimum atomic E-state index is 0.0482. The maximum atomic E-state index is 12.7. The van der Waals surface area contributed by atoms with Crippen LogP contribution in [-0.4, -0.2) is 41.3 Å². The zero-order valence-corrected chi connectivity index (χ0v) is 16.0. The van der Waals surface area contributed by atoms with Crippen molar-refractivity contribution in [1.29, 1.82) is 0 Å². The van der Waals surface area contributed by atoms with E-state index >= 15 is 0 Å². The molecule has 1 aromatic heterocycles. The zero-order valence-electron chi connectivity index (χ0n) is 16.0. The summed E-state index contributed by atoms with van der Waals surface area (Å²) in [5, 5.41) is 5.07. The van der Waals surface area contributed by atoms with Gasteiger partial charge in [0.1, 0.15) is 0 Å². The van der Waals surface area contributed by atoms with Crippen molar-refractivity contribution >= 4 is 22.6 Å². The number of rotatable bonds is 9. The summed E-state index contributed by atoms with van der Waals surface area (Å²) in [6, 6.07) is 7.98. The van der Waals surface area contributed by atoms with Gasteiger partial charge in [-0.05, 0) is 29.4 Å². The molecule has 2 aromatic rings. The zero-order chi connectivity index (χ0) is 18.9. The first kappa shape index (κ1) is 19.9. The van der Waals surface area contributed by atoms with Crippen LogP contribution in [0.2, 0.25) is 0 Å². The highest BCUT2D eigenvalue weighted by Crippen LogP contribution is 2.15. The molecule has 2 rings (SSSR count). The van der Waals surface area contributed by atoms with E-state index in [1.54, 1.807) is 6.20 Å². The highest BCUT2D eigenvalue weighted by Gasteiger charge is 2.14. The molecule has 26 heavy (non-hydrogen) atoms. The van der Waals surface area contributed by atoms with Crippen molar-refractivity contribution in [1.82, 2.24) is 15.2 Å². The van der Waals surface area contributed by atoms with Crippen LogP contribution in [0.25, 0.3) is 10.8 Å². The van der Waals surface area contributed by atoms with Crippen molar-refractivity contribution in [2.45, 2.75) is 40.0 Å². The number of aromatic nitrogens is 1. The smallest absolute Gasteiger partial charge is 0.227 e. The maximum absolute atomic E-state index is 12.7. The lowest BCUT2D eigenvalue weighted by atomic mass is 10.1. The van der Waals surface area contributed by atoms with Gasteiger partial charge in [0.15, 0.2) is 0 Å². The minimum absolute atomic E-state index is 0.0482. The molecule has 0 spiro atoms. The van der Waals surface area contributed by atoms with Crippen LogP contribution >= 0.6 is 0 Å². The van der Waals surface area contributed by atoms with Gasteiger partial charge >= 0.3 is 0 Å². The molecule has 0 unspecified atom stereocenters. The van der Waals surface area contributed by atoms with Gasteiger partial charge < -0.3 is 10.2 Å². The van der Waals surface area contributed by atoms with E-state index in [1.165, 1.54) is 0 Å². The van der Waals surface area contributed by atoms with Gasteiger partial charge in [-0.3, -0.25) is 14.6 Å². The fourth-order valence-electron chi connectivity index (χ4n) is 2.93.